The Labute approximate surface area is 172 Å². The molecule has 9 nitrogen and oxygen atoms in total. The Kier molecular flexibility index (Phi) is 3.77. The first kappa shape index (κ1) is 17.4. The van der Waals surface area contributed by atoms with E-state index in [0.29, 0.717) is 18.9 Å². The van der Waals surface area contributed by atoms with Crippen LogP contribution in [-0.2, 0) is 6.42 Å². The molecule has 9 heteroatoms. The number of H-pyrrole nitrogens is 1. The molecule has 1 amide bonds. The van der Waals surface area contributed by atoms with Gasteiger partial charge in [-0.05, 0) is 37.5 Å². The van der Waals surface area contributed by atoms with Crippen LogP contribution in [0.25, 0.3) is 5.52 Å². The number of rotatable bonds is 3. The zero-order chi connectivity index (χ0) is 20.2. The van der Waals surface area contributed by atoms with Gasteiger partial charge in [0.15, 0.2) is 0 Å². The third-order valence-corrected chi connectivity index (χ3v) is 6.28. The first-order chi connectivity index (χ1) is 14.7. The number of hydrogen-bond acceptors (Lipinski definition) is 6. The number of pyridine rings is 1. The molecule has 1 atom stereocenters. The van der Waals surface area contributed by atoms with Crippen molar-refractivity contribution in [1.82, 2.24) is 34.7 Å². The fourth-order valence-corrected chi connectivity index (χ4v) is 4.37. The number of aryl methyl sites for hydroxylation is 1. The Balaban J connectivity index is 1.41. The fourth-order valence-electron chi connectivity index (χ4n) is 4.37. The highest BCUT2D eigenvalue weighted by molar-refractivity contribution is 5.90. The van der Waals surface area contributed by atoms with Gasteiger partial charge in [0.1, 0.15) is 6.04 Å². The minimum Gasteiger partial charge on any atom is -0.417 e. The predicted molar refractivity (Wildman–Crippen MR) is 106 cm³/mol. The number of nitrogens with zero attached hydrogens (tertiary/aromatic N) is 6. The number of aromatic nitrogens is 6. The van der Waals surface area contributed by atoms with E-state index in [9.17, 15) is 4.79 Å². The maximum atomic E-state index is 13.4. The second-order valence-electron chi connectivity index (χ2n) is 8.08. The summed E-state index contributed by atoms with van der Waals surface area (Å²) in [5, 5.41) is 12.9. The van der Waals surface area contributed by atoms with Crippen LogP contribution in [0.2, 0.25) is 0 Å². The van der Waals surface area contributed by atoms with Gasteiger partial charge in [0, 0.05) is 30.8 Å². The van der Waals surface area contributed by atoms with Gasteiger partial charge in [-0.15, -0.1) is 10.2 Å². The number of hydrogen-bond donors (Lipinski definition) is 1. The maximum absolute atomic E-state index is 13.4. The number of imidazole rings is 1. The van der Waals surface area contributed by atoms with Gasteiger partial charge in [-0.25, -0.2) is 9.50 Å². The van der Waals surface area contributed by atoms with Gasteiger partial charge in [0.2, 0.25) is 5.89 Å². The molecule has 6 rings (SSSR count). The van der Waals surface area contributed by atoms with Crippen molar-refractivity contribution in [1.29, 1.82) is 0 Å². The van der Waals surface area contributed by atoms with E-state index in [-0.39, 0.29) is 17.7 Å². The van der Waals surface area contributed by atoms with Gasteiger partial charge in [-0.2, -0.15) is 5.10 Å². The quantitative estimate of drug-likeness (QED) is 0.564. The van der Waals surface area contributed by atoms with Crippen molar-refractivity contribution in [3.8, 4) is 0 Å². The van der Waals surface area contributed by atoms with Crippen molar-refractivity contribution in [2.24, 2.45) is 0 Å². The molecular formula is C21H21N7O2. The van der Waals surface area contributed by atoms with Crippen LogP contribution in [0.1, 0.15) is 70.4 Å². The van der Waals surface area contributed by atoms with E-state index in [1.165, 1.54) is 6.42 Å². The molecule has 0 radical (unpaired) electrons. The van der Waals surface area contributed by atoms with E-state index in [2.05, 4.69) is 20.2 Å². The number of aromatic amines is 1. The predicted octanol–water partition coefficient (Wildman–Crippen LogP) is 2.80. The van der Waals surface area contributed by atoms with E-state index < -0.39 is 6.04 Å². The lowest BCUT2D eigenvalue weighted by atomic mass is 9.85. The lowest BCUT2D eigenvalue weighted by Gasteiger charge is -2.32. The average Bonchev–Trinajstić information content (AvgIpc) is 3.44. The smallest absolute Gasteiger partial charge is 0.312 e. The Morgan fingerprint density at radius 2 is 2.20 bits per heavy atom. The summed E-state index contributed by atoms with van der Waals surface area (Å²) in [6.45, 7) is 2.57. The molecular weight excluding hydrogens is 382 g/mol. The van der Waals surface area contributed by atoms with E-state index in [4.69, 9.17) is 9.52 Å². The largest absolute Gasteiger partial charge is 0.417 e. The number of carbonyl (C=O) groups excluding carboxylic acids is 1. The Hall–Kier alpha value is -3.49. The minimum atomic E-state index is -0.411. The summed E-state index contributed by atoms with van der Waals surface area (Å²) in [5.41, 5.74) is 4.74. The molecule has 0 bridgehead atoms. The lowest BCUT2D eigenvalue weighted by Crippen LogP contribution is -2.41. The van der Waals surface area contributed by atoms with Crippen molar-refractivity contribution in [2.45, 2.75) is 44.6 Å². The first-order valence-corrected chi connectivity index (χ1v) is 10.3. The second-order valence-corrected chi connectivity index (χ2v) is 8.08. The zero-order valence-electron chi connectivity index (χ0n) is 16.6. The van der Waals surface area contributed by atoms with E-state index in [0.717, 1.165) is 41.0 Å². The minimum absolute atomic E-state index is 0.0424. The number of carbonyl (C=O) groups is 1. The van der Waals surface area contributed by atoms with Crippen LogP contribution in [0.15, 0.2) is 35.1 Å². The monoisotopic (exact) mass is 403 g/mol. The highest BCUT2D eigenvalue weighted by Crippen LogP contribution is 2.37. The second kappa shape index (κ2) is 6.51. The van der Waals surface area contributed by atoms with Crippen LogP contribution in [0.5, 0.6) is 0 Å². The summed E-state index contributed by atoms with van der Waals surface area (Å²) < 4.78 is 7.61. The van der Waals surface area contributed by atoms with Crippen LogP contribution >= 0.6 is 0 Å². The van der Waals surface area contributed by atoms with Gasteiger partial charge in [-0.3, -0.25) is 4.79 Å². The maximum Gasteiger partial charge on any atom is 0.312 e. The Morgan fingerprint density at radius 1 is 1.30 bits per heavy atom. The van der Waals surface area contributed by atoms with Gasteiger partial charge < -0.3 is 14.3 Å². The highest BCUT2D eigenvalue weighted by Gasteiger charge is 2.38. The SMILES string of the molecule is Cc1cccn2nc([C@@H]3c4nc[nH]c4CCN3C(=O)c3nnc(C4CCC4)o3)cc12. The zero-order valence-corrected chi connectivity index (χ0v) is 16.6. The number of fused-ring (bicyclic) bond motifs is 2. The molecule has 4 aromatic rings. The van der Waals surface area contributed by atoms with Crippen molar-refractivity contribution in [2.75, 3.05) is 6.54 Å². The van der Waals surface area contributed by atoms with Crippen LogP contribution in [0.4, 0.5) is 0 Å². The van der Waals surface area contributed by atoms with Gasteiger partial charge >= 0.3 is 11.8 Å². The number of nitrogens with one attached hydrogen (secondary N) is 1. The van der Waals surface area contributed by atoms with E-state index >= 15 is 0 Å². The molecule has 1 aliphatic carbocycles. The lowest BCUT2D eigenvalue weighted by molar-refractivity contribution is 0.0642. The van der Waals surface area contributed by atoms with Crippen molar-refractivity contribution in [3.05, 3.63) is 65.1 Å². The van der Waals surface area contributed by atoms with Crippen molar-refractivity contribution < 1.29 is 9.21 Å². The van der Waals surface area contributed by atoms with E-state index in [1.807, 2.05) is 35.8 Å². The summed E-state index contributed by atoms with van der Waals surface area (Å²) in [7, 11) is 0. The topological polar surface area (TPSA) is 105 Å². The summed E-state index contributed by atoms with van der Waals surface area (Å²) in [4.78, 5) is 22.9. The van der Waals surface area contributed by atoms with Crippen molar-refractivity contribution >= 4 is 11.4 Å². The molecule has 0 aromatic carbocycles. The third kappa shape index (κ3) is 2.58. The van der Waals surface area contributed by atoms with Crippen LogP contribution in [0, 0.1) is 6.92 Å². The van der Waals surface area contributed by atoms with Gasteiger partial charge in [0.25, 0.3) is 0 Å². The Bertz CT molecular complexity index is 1250. The molecule has 30 heavy (non-hydrogen) atoms. The molecule has 0 unspecified atom stereocenters. The molecule has 152 valence electrons. The molecule has 4 aromatic heterocycles. The summed E-state index contributed by atoms with van der Waals surface area (Å²) in [6.07, 6.45) is 7.52. The van der Waals surface area contributed by atoms with Crippen LogP contribution in [0.3, 0.4) is 0 Å². The normalized spacial score (nSPS) is 19.1. The molecule has 5 heterocycles. The van der Waals surface area contributed by atoms with Crippen LogP contribution in [-0.4, -0.2) is 47.1 Å². The standard InChI is InChI=1S/C21H21N7O2/c1-12-4-3-8-28-16(12)10-15(26-28)18-17-14(22-11-23-17)7-9-27(18)21(29)20-25-24-19(30-20)13-5-2-6-13/h3-4,8,10-11,13,18H,2,5-7,9H2,1H3,(H,22,23)/t18-/m1/s1. The van der Waals surface area contributed by atoms with Crippen molar-refractivity contribution in [3.63, 3.8) is 0 Å². The summed E-state index contributed by atoms with van der Waals surface area (Å²) >= 11 is 0. The van der Waals surface area contributed by atoms with Gasteiger partial charge in [0.05, 0.1) is 23.2 Å². The summed E-state index contributed by atoms with van der Waals surface area (Å²) in [6, 6.07) is 5.62. The first-order valence-electron chi connectivity index (χ1n) is 10.3. The molecule has 1 N–H and O–H groups in total. The third-order valence-electron chi connectivity index (χ3n) is 6.28. The summed E-state index contributed by atoms with van der Waals surface area (Å²) in [5.74, 6) is 0.624. The molecule has 0 saturated heterocycles. The molecule has 1 aliphatic heterocycles. The molecule has 1 saturated carbocycles. The highest BCUT2D eigenvalue weighted by atomic mass is 16.4. The van der Waals surface area contributed by atoms with E-state index in [1.54, 1.807) is 11.2 Å². The molecule has 0 spiro atoms. The average molecular weight is 403 g/mol. The fraction of sp³-hybridized carbons (Fsp3) is 0.381. The van der Waals surface area contributed by atoms with Crippen LogP contribution < -0.4 is 0 Å². The molecule has 1 fully saturated rings. The van der Waals surface area contributed by atoms with Gasteiger partial charge in [-0.1, -0.05) is 12.5 Å². The number of amides is 1. The molecule has 2 aliphatic rings. The Morgan fingerprint density at radius 3 is 3.00 bits per heavy atom.